The van der Waals surface area contributed by atoms with Crippen LogP contribution in [0.25, 0.3) is 11.0 Å². The molecular formula is C20H19N3O4S. The Labute approximate surface area is 164 Å². The van der Waals surface area contributed by atoms with E-state index in [9.17, 15) is 13.8 Å². The molecule has 7 nitrogen and oxygen atoms in total. The number of nitrogens with one attached hydrogen (secondary N) is 1. The van der Waals surface area contributed by atoms with E-state index >= 15 is 0 Å². The molecule has 0 radical (unpaired) electrons. The first-order valence-electron chi connectivity index (χ1n) is 8.66. The molecule has 2 amide bonds. The number of furan rings is 1. The summed E-state index contributed by atoms with van der Waals surface area (Å²) in [5.74, 6) is -0.735. The summed E-state index contributed by atoms with van der Waals surface area (Å²) in [5, 5.41) is 0.777. The molecule has 0 spiro atoms. The minimum atomic E-state index is -1.88. The van der Waals surface area contributed by atoms with E-state index in [4.69, 9.17) is 4.42 Å². The van der Waals surface area contributed by atoms with Gasteiger partial charge < -0.3 is 14.2 Å². The second kappa shape index (κ2) is 6.79. The third-order valence-electron chi connectivity index (χ3n) is 4.71. The van der Waals surface area contributed by atoms with Crippen LogP contribution in [0.1, 0.15) is 26.5 Å². The Morgan fingerprint density at radius 1 is 1.21 bits per heavy atom. The molecule has 1 aliphatic heterocycles. The van der Waals surface area contributed by atoms with Crippen LogP contribution < -0.4 is 9.62 Å². The molecule has 144 valence electrons. The Kier molecular flexibility index (Phi) is 4.43. The van der Waals surface area contributed by atoms with Gasteiger partial charge in [0.25, 0.3) is 11.8 Å². The van der Waals surface area contributed by atoms with Gasteiger partial charge in [0.2, 0.25) is 0 Å². The number of rotatable bonds is 4. The molecule has 1 unspecified atom stereocenters. The van der Waals surface area contributed by atoms with Crippen LogP contribution in [0, 0.1) is 0 Å². The highest BCUT2D eigenvalue weighted by Gasteiger charge is 2.30. The normalized spacial score (nSPS) is 14.2. The van der Waals surface area contributed by atoms with Crippen molar-refractivity contribution in [1.29, 1.82) is 0 Å². The highest BCUT2D eigenvalue weighted by molar-refractivity contribution is 7.83. The van der Waals surface area contributed by atoms with Gasteiger partial charge in [0.1, 0.15) is 5.58 Å². The predicted octanol–water partition coefficient (Wildman–Crippen LogP) is 2.54. The average molecular weight is 397 g/mol. The highest BCUT2D eigenvalue weighted by Crippen LogP contribution is 2.27. The van der Waals surface area contributed by atoms with Gasteiger partial charge in [-0.3, -0.25) is 14.3 Å². The molecule has 0 bridgehead atoms. The van der Waals surface area contributed by atoms with E-state index in [0.29, 0.717) is 22.6 Å². The lowest BCUT2D eigenvalue weighted by Crippen LogP contribution is -2.27. The van der Waals surface area contributed by atoms with Crippen LogP contribution in [-0.4, -0.2) is 42.1 Å². The number of hydrogen-bond acceptors (Lipinski definition) is 5. The lowest BCUT2D eigenvalue weighted by atomic mass is 10.1. The minimum absolute atomic E-state index is 0.0651. The third-order valence-corrected chi connectivity index (χ3v) is 5.82. The van der Waals surface area contributed by atoms with Crippen LogP contribution in [0.2, 0.25) is 0 Å². The van der Waals surface area contributed by atoms with Gasteiger partial charge in [-0.15, -0.1) is 0 Å². The SMILES string of the molecule is CN1Cc2cccc(S(=O)NC(=O)c3cc4ccc(N(C)C)cc4o3)c2C1=O. The first-order chi connectivity index (χ1) is 13.3. The van der Waals surface area contributed by atoms with Crippen molar-refractivity contribution in [3.05, 3.63) is 59.4 Å². The zero-order chi connectivity index (χ0) is 20.0. The van der Waals surface area contributed by atoms with E-state index < -0.39 is 16.9 Å². The van der Waals surface area contributed by atoms with Crippen LogP contribution in [0.5, 0.6) is 0 Å². The maximum Gasteiger partial charge on any atom is 0.298 e. The van der Waals surface area contributed by atoms with Gasteiger partial charge in [-0.05, 0) is 29.8 Å². The zero-order valence-corrected chi connectivity index (χ0v) is 16.5. The fourth-order valence-electron chi connectivity index (χ4n) is 3.22. The number of anilines is 1. The number of hydrogen-bond donors (Lipinski definition) is 1. The quantitative estimate of drug-likeness (QED) is 0.732. The standard InChI is InChI=1S/C20H19N3O4S/c1-22(2)14-8-7-12-9-16(27-15(12)10-14)19(24)21-28(26)17-6-4-5-13-11-23(3)20(25)18(13)17/h4-10H,11H2,1-3H3,(H,21,24). The van der Waals surface area contributed by atoms with Gasteiger partial charge in [-0.1, -0.05) is 12.1 Å². The van der Waals surface area contributed by atoms with E-state index in [2.05, 4.69) is 4.72 Å². The van der Waals surface area contributed by atoms with Crippen molar-refractivity contribution >= 4 is 39.5 Å². The summed E-state index contributed by atoms with van der Waals surface area (Å²) in [5.41, 5.74) is 2.70. The number of benzene rings is 2. The molecule has 1 aliphatic rings. The van der Waals surface area contributed by atoms with Crippen molar-refractivity contribution in [2.75, 3.05) is 26.0 Å². The van der Waals surface area contributed by atoms with Crippen molar-refractivity contribution in [2.45, 2.75) is 11.4 Å². The highest BCUT2D eigenvalue weighted by atomic mass is 32.2. The number of fused-ring (bicyclic) bond motifs is 2. The van der Waals surface area contributed by atoms with E-state index in [1.807, 2.05) is 43.3 Å². The summed E-state index contributed by atoms with van der Waals surface area (Å²) in [6, 6.07) is 12.4. The van der Waals surface area contributed by atoms with Gasteiger partial charge in [0.05, 0.1) is 10.5 Å². The fraction of sp³-hybridized carbons (Fsp3) is 0.200. The second-order valence-electron chi connectivity index (χ2n) is 6.88. The van der Waals surface area contributed by atoms with Crippen LogP contribution in [0.3, 0.4) is 0 Å². The molecule has 0 aliphatic carbocycles. The second-order valence-corrected chi connectivity index (χ2v) is 8.06. The molecule has 0 saturated heterocycles. The number of carbonyl (C=O) groups excluding carboxylic acids is 2. The summed E-state index contributed by atoms with van der Waals surface area (Å²) in [7, 11) is 3.63. The summed E-state index contributed by atoms with van der Waals surface area (Å²) in [4.78, 5) is 28.7. The first-order valence-corrected chi connectivity index (χ1v) is 9.81. The lowest BCUT2D eigenvalue weighted by Gasteiger charge is -2.11. The maximum absolute atomic E-state index is 12.8. The number of amides is 2. The largest absolute Gasteiger partial charge is 0.451 e. The molecule has 1 aromatic heterocycles. The van der Waals surface area contributed by atoms with Crippen LogP contribution in [0.15, 0.2) is 51.8 Å². The molecule has 2 heterocycles. The molecule has 8 heteroatoms. The van der Waals surface area contributed by atoms with Crippen molar-refractivity contribution in [3.63, 3.8) is 0 Å². The topological polar surface area (TPSA) is 82.9 Å². The molecule has 2 aromatic carbocycles. The molecular weight excluding hydrogens is 378 g/mol. The Balaban J connectivity index is 1.60. The van der Waals surface area contributed by atoms with Crippen LogP contribution >= 0.6 is 0 Å². The Hall–Kier alpha value is -3.13. The summed E-state index contributed by atoms with van der Waals surface area (Å²) >= 11 is 0. The summed E-state index contributed by atoms with van der Waals surface area (Å²) < 4.78 is 20.8. The third kappa shape index (κ3) is 3.05. The number of carbonyl (C=O) groups is 2. The molecule has 4 rings (SSSR count). The molecule has 1 N–H and O–H groups in total. The van der Waals surface area contributed by atoms with Gasteiger partial charge >= 0.3 is 0 Å². The van der Waals surface area contributed by atoms with E-state index in [1.165, 1.54) is 0 Å². The van der Waals surface area contributed by atoms with Crippen LogP contribution in [-0.2, 0) is 17.5 Å². The first kappa shape index (κ1) is 18.2. The van der Waals surface area contributed by atoms with E-state index in [1.54, 1.807) is 30.1 Å². The predicted molar refractivity (Wildman–Crippen MR) is 107 cm³/mol. The Morgan fingerprint density at radius 2 is 2.00 bits per heavy atom. The fourth-order valence-corrected chi connectivity index (χ4v) is 4.21. The monoisotopic (exact) mass is 397 g/mol. The van der Waals surface area contributed by atoms with Gasteiger partial charge in [0.15, 0.2) is 16.7 Å². The summed E-state index contributed by atoms with van der Waals surface area (Å²) in [6.45, 7) is 0.463. The van der Waals surface area contributed by atoms with Crippen molar-refractivity contribution in [1.82, 2.24) is 9.62 Å². The van der Waals surface area contributed by atoms with Crippen molar-refractivity contribution in [2.24, 2.45) is 0 Å². The van der Waals surface area contributed by atoms with Gasteiger partial charge in [-0.25, -0.2) is 4.21 Å². The minimum Gasteiger partial charge on any atom is -0.451 e. The maximum atomic E-state index is 12.8. The molecule has 3 aromatic rings. The molecule has 28 heavy (non-hydrogen) atoms. The van der Waals surface area contributed by atoms with E-state index in [-0.39, 0.29) is 11.7 Å². The molecule has 0 fully saturated rings. The lowest BCUT2D eigenvalue weighted by molar-refractivity contribution is 0.0813. The Morgan fingerprint density at radius 3 is 2.75 bits per heavy atom. The van der Waals surface area contributed by atoms with E-state index in [0.717, 1.165) is 16.6 Å². The van der Waals surface area contributed by atoms with Crippen LogP contribution in [0.4, 0.5) is 5.69 Å². The smallest absolute Gasteiger partial charge is 0.298 e. The number of nitrogens with zero attached hydrogens (tertiary/aromatic N) is 2. The zero-order valence-electron chi connectivity index (χ0n) is 15.7. The van der Waals surface area contributed by atoms with Crippen molar-refractivity contribution < 1.29 is 18.2 Å². The van der Waals surface area contributed by atoms with Gasteiger partial charge in [0, 0.05) is 44.8 Å². The van der Waals surface area contributed by atoms with Crippen molar-refractivity contribution in [3.8, 4) is 0 Å². The van der Waals surface area contributed by atoms with Gasteiger partial charge in [-0.2, -0.15) is 0 Å². The molecule has 1 atom stereocenters. The molecule has 0 saturated carbocycles. The Bertz CT molecular complexity index is 1140. The summed E-state index contributed by atoms with van der Waals surface area (Å²) in [6.07, 6.45) is 0. The average Bonchev–Trinajstić information content (AvgIpc) is 3.22.